The van der Waals surface area contributed by atoms with Crippen LogP contribution in [0.25, 0.3) is 11.0 Å². The van der Waals surface area contributed by atoms with Crippen LogP contribution < -0.4 is 19.7 Å². The van der Waals surface area contributed by atoms with Gasteiger partial charge >= 0.3 is 0 Å². The molecule has 2 bridgehead atoms. The number of nitrogens with one attached hydrogen (secondary N) is 1. The van der Waals surface area contributed by atoms with Crippen LogP contribution in [-0.4, -0.2) is 88.6 Å². The monoisotopic (exact) mass is 570 g/mol. The molecule has 12 heteroatoms. The Balaban J connectivity index is 1.22. The number of rotatable bonds is 7. The van der Waals surface area contributed by atoms with Crippen molar-refractivity contribution < 1.29 is 18.7 Å². The predicted molar refractivity (Wildman–Crippen MR) is 157 cm³/mol. The van der Waals surface area contributed by atoms with E-state index in [0.29, 0.717) is 72.7 Å². The number of carbonyl (C=O) groups excluding carboxylic acids is 1. The van der Waals surface area contributed by atoms with Crippen molar-refractivity contribution in [2.24, 2.45) is 0 Å². The number of halogens is 1. The van der Waals surface area contributed by atoms with E-state index in [9.17, 15) is 9.18 Å². The second-order valence-corrected chi connectivity index (χ2v) is 10.6. The minimum Gasteiger partial charge on any atom is -0.487 e. The Morgan fingerprint density at radius 1 is 1.21 bits per heavy atom. The number of aromatic nitrogens is 4. The first-order chi connectivity index (χ1) is 20.3. The molecule has 0 unspecified atom stereocenters. The third kappa shape index (κ3) is 5.79. The molecule has 0 spiro atoms. The molecule has 11 nitrogen and oxygen atoms in total. The van der Waals surface area contributed by atoms with Gasteiger partial charge in [-0.25, -0.2) is 19.3 Å². The maximum absolute atomic E-state index is 13.5. The maximum atomic E-state index is 13.5. The molecule has 0 radical (unpaired) electrons. The van der Waals surface area contributed by atoms with E-state index in [-0.39, 0.29) is 11.9 Å². The summed E-state index contributed by atoms with van der Waals surface area (Å²) in [5, 5.41) is 3.35. The molecule has 1 fully saturated rings. The van der Waals surface area contributed by atoms with Crippen molar-refractivity contribution in [1.29, 1.82) is 0 Å². The summed E-state index contributed by atoms with van der Waals surface area (Å²) < 4.78 is 25.5. The standard InChI is InChI=1S/C30H31FN8O3/c1-19-11-21(6-7-25(19)42-23-12-20(31)14-32-15-23)35-29-28-24(33-18-34-29)13-26-30(36-28)38-9-10-39(22(16-38)17-41-26)27(40)5-4-8-37(2)3/h4-7,11-15,18,22H,8-10,16-17H2,1-3H3,(H,33,34,35)/b5-4+/t22-/m1/s1. The molecule has 6 rings (SSSR count). The maximum Gasteiger partial charge on any atom is 0.246 e. The first-order valence-electron chi connectivity index (χ1n) is 13.7. The summed E-state index contributed by atoms with van der Waals surface area (Å²) >= 11 is 0. The molecule has 1 amide bonds. The number of pyridine rings is 2. The van der Waals surface area contributed by atoms with E-state index in [4.69, 9.17) is 14.5 Å². The van der Waals surface area contributed by atoms with Gasteiger partial charge in [0.05, 0.1) is 24.0 Å². The highest BCUT2D eigenvalue weighted by Crippen LogP contribution is 2.36. The van der Waals surface area contributed by atoms with Crippen molar-refractivity contribution >= 4 is 34.3 Å². The second kappa shape index (κ2) is 11.6. The van der Waals surface area contributed by atoms with E-state index in [1.165, 1.54) is 18.6 Å². The Kier molecular flexibility index (Phi) is 7.53. The SMILES string of the molecule is Cc1cc(Nc2ncnc3cc4c(nc23)N2CCN(C(=O)/C=C/CN(C)C)[C@@H](CO4)C2)ccc1Oc1cncc(F)c1. The van der Waals surface area contributed by atoms with Crippen LogP contribution in [0.5, 0.6) is 17.2 Å². The minimum absolute atomic E-state index is 0.00848. The highest BCUT2D eigenvalue weighted by molar-refractivity contribution is 5.90. The van der Waals surface area contributed by atoms with Crippen molar-refractivity contribution in [3.8, 4) is 17.2 Å². The van der Waals surface area contributed by atoms with Gasteiger partial charge in [-0.2, -0.15) is 0 Å². The summed E-state index contributed by atoms with van der Waals surface area (Å²) in [6, 6.07) is 8.63. The van der Waals surface area contributed by atoms with Gasteiger partial charge in [-0.15, -0.1) is 0 Å². The number of fused-ring (bicyclic) bond motifs is 5. The zero-order valence-electron chi connectivity index (χ0n) is 23.6. The van der Waals surface area contributed by atoms with Gasteiger partial charge in [0.1, 0.15) is 35.8 Å². The zero-order valence-corrected chi connectivity index (χ0v) is 23.6. The lowest BCUT2D eigenvalue weighted by Gasteiger charge is -2.39. The van der Waals surface area contributed by atoms with Gasteiger partial charge in [-0.05, 0) is 44.8 Å². The molecule has 1 aromatic carbocycles. The second-order valence-electron chi connectivity index (χ2n) is 10.6. The Morgan fingerprint density at radius 3 is 2.90 bits per heavy atom. The molecule has 2 aliphatic heterocycles. The van der Waals surface area contributed by atoms with Crippen LogP contribution in [-0.2, 0) is 4.79 Å². The minimum atomic E-state index is -0.464. The predicted octanol–water partition coefficient (Wildman–Crippen LogP) is 3.93. The Bertz CT molecular complexity index is 1660. The molecule has 216 valence electrons. The highest BCUT2D eigenvalue weighted by atomic mass is 19.1. The lowest BCUT2D eigenvalue weighted by atomic mass is 10.1. The van der Waals surface area contributed by atoms with E-state index in [1.807, 2.05) is 55.1 Å². The number of aryl methyl sites for hydroxylation is 1. The number of benzene rings is 1. The van der Waals surface area contributed by atoms with Gasteiger partial charge in [-0.1, -0.05) is 6.08 Å². The van der Waals surface area contributed by atoms with Crippen molar-refractivity contribution in [2.75, 3.05) is 57.1 Å². The fourth-order valence-corrected chi connectivity index (χ4v) is 5.06. The molecule has 1 saturated heterocycles. The number of piperazine rings is 1. The van der Waals surface area contributed by atoms with Gasteiger partial charge in [0.2, 0.25) is 5.91 Å². The van der Waals surface area contributed by atoms with Crippen molar-refractivity contribution in [3.63, 3.8) is 0 Å². The lowest BCUT2D eigenvalue weighted by molar-refractivity contribution is -0.129. The molecule has 42 heavy (non-hydrogen) atoms. The number of hydrogen-bond acceptors (Lipinski definition) is 10. The Hall–Kier alpha value is -4.84. The Morgan fingerprint density at radius 2 is 2.10 bits per heavy atom. The molecular formula is C30H31FN8O3. The molecule has 0 aliphatic carbocycles. The van der Waals surface area contributed by atoms with E-state index in [0.717, 1.165) is 17.4 Å². The van der Waals surface area contributed by atoms with Gasteiger partial charge < -0.3 is 29.5 Å². The van der Waals surface area contributed by atoms with Crippen molar-refractivity contribution in [2.45, 2.75) is 13.0 Å². The number of hydrogen-bond donors (Lipinski definition) is 1. The van der Waals surface area contributed by atoms with Crippen molar-refractivity contribution in [1.82, 2.24) is 29.7 Å². The number of carbonyl (C=O) groups is 1. The summed E-state index contributed by atoms with van der Waals surface area (Å²) in [6.07, 6.45) is 7.60. The van der Waals surface area contributed by atoms with Crippen LogP contribution >= 0.6 is 0 Å². The number of ether oxygens (including phenoxy) is 2. The molecule has 2 aliphatic rings. The molecular weight excluding hydrogens is 539 g/mol. The van der Waals surface area contributed by atoms with Gasteiger partial charge in [0, 0.05) is 50.1 Å². The third-order valence-corrected chi connectivity index (χ3v) is 7.13. The smallest absolute Gasteiger partial charge is 0.246 e. The summed E-state index contributed by atoms with van der Waals surface area (Å²) in [7, 11) is 3.93. The first-order valence-corrected chi connectivity index (χ1v) is 13.7. The lowest BCUT2D eigenvalue weighted by Crippen LogP contribution is -2.56. The van der Waals surface area contributed by atoms with E-state index in [2.05, 4.69) is 25.2 Å². The van der Waals surface area contributed by atoms with Gasteiger partial charge in [-0.3, -0.25) is 9.78 Å². The fourth-order valence-electron chi connectivity index (χ4n) is 5.06. The molecule has 0 saturated carbocycles. The van der Waals surface area contributed by atoms with Crippen LogP contribution in [0.2, 0.25) is 0 Å². The van der Waals surface area contributed by atoms with Gasteiger partial charge in [0.15, 0.2) is 17.4 Å². The molecule has 1 atom stereocenters. The zero-order chi connectivity index (χ0) is 29.2. The fraction of sp³-hybridized carbons (Fsp3) is 0.300. The number of anilines is 3. The van der Waals surface area contributed by atoms with Crippen LogP contribution in [0.3, 0.4) is 0 Å². The summed E-state index contributed by atoms with van der Waals surface area (Å²) in [4.78, 5) is 36.6. The highest BCUT2D eigenvalue weighted by Gasteiger charge is 2.35. The molecule has 4 aromatic rings. The summed E-state index contributed by atoms with van der Waals surface area (Å²) in [6.45, 7) is 4.82. The summed E-state index contributed by atoms with van der Waals surface area (Å²) in [5.74, 6) is 2.32. The van der Waals surface area contributed by atoms with E-state index >= 15 is 0 Å². The molecule has 5 heterocycles. The third-order valence-electron chi connectivity index (χ3n) is 7.13. The number of nitrogens with zero attached hydrogens (tertiary/aromatic N) is 7. The average molecular weight is 571 g/mol. The molecule has 3 aromatic heterocycles. The first kappa shape index (κ1) is 27.3. The van der Waals surface area contributed by atoms with E-state index in [1.54, 1.807) is 12.1 Å². The summed E-state index contributed by atoms with van der Waals surface area (Å²) in [5.41, 5.74) is 2.86. The number of likely N-dealkylation sites (N-methyl/N-ethyl adjacent to an activating group) is 1. The average Bonchev–Trinajstić information content (AvgIpc) is 3.09. The quantitative estimate of drug-likeness (QED) is 0.328. The van der Waals surface area contributed by atoms with E-state index < -0.39 is 5.82 Å². The van der Waals surface area contributed by atoms with Crippen molar-refractivity contribution in [3.05, 3.63) is 72.6 Å². The topological polar surface area (TPSA) is 109 Å². The van der Waals surface area contributed by atoms with Gasteiger partial charge in [0.25, 0.3) is 0 Å². The van der Waals surface area contributed by atoms with Crippen LogP contribution in [0.4, 0.5) is 21.7 Å². The number of amides is 1. The molecule has 1 N–H and O–H groups in total. The normalized spacial score (nSPS) is 16.4. The Labute approximate surface area is 242 Å². The van der Waals surface area contributed by atoms with Crippen LogP contribution in [0.15, 0.2) is 61.2 Å². The largest absolute Gasteiger partial charge is 0.487 e. The van der Waals surface area contributed by atoms with Crippen LogP contribution in [0, 0.1) is 12.7 Å². The van der Waals surface area contributed by atoms with Crippen LogP contribution in [0.1, 0.15) is 5.56 Å².